The summed E-state index contributed by atoms with van der Waals surface area (Å²) in [6, 6.07) is 5.69. The Balaban J connectivity index is 1.36. The summed E-state index contributed by atoms with van der Waals surface area (Å²) in [6.45, 7) is 1.67. The molecule has 7 nitrogen and oxygen atoms in total. The normalized spacial score (nSPS) is 21.0. The molecule has 1 aliphatic heterocycles. The third kappa shape index (κ3) is 2.98. The van der Waals surface area contributed by atoms with E-state index in [1.807, 2.05) is 33.7 Å². The third-order valence-corrected chi connectivity index (χ3v) is 4.84. The van der Waals surface area contributed by atoms with E-state index in [2.05, 4.69) is 15.5 Å². The van der Waals surface area contributed by atoms with Crippen LogP contribution in [0.2, 0.25) is 0 Å². The Bertz CT molecular complexity index is 767. The summed E-state index contributed by atoms with van der Waals surface area (Å²) < 4.78 is 1.87. The molecule has 0 unspecified atom stereocenters. The summed E-state index contributed by atoms with van der Waals surface area (Å²) in [5, 5.41) is 11.2. The van der Waals surface area contributed by atoms with Crippen LogP contribution in [0.15, 0.2) is 24.4 Å². The fraction of sp³-hybridized carbons (Fsp3) is 0.529. The van der Waals surface area contributed by atoms with Crippen molar-refractivity contribution in [2.45, 2.75) is 32.2 Å². The van der Waals surface area contributed by atoms with Crippen LogP contribution in [0.5, 0.6) is 0 Å². The lowest BCUT2D eigenvalue weighted by atomic mass is 9.96. The minimum absolute atomic E-state index is 0.00372. The van der Waals surface area contributed by atoms with E-state index < -0.39 is 0 Å². The van der Waals surface area contributed by atoms with E-state index in [1.54, 1.807) is 0 Å². The minimum Gasteiger partial charge on any atom is -0.348 e. The summed E-state index contributed by atoms with van der Waals surface area (Å²) >= 11 is 0. The van der Waals surface area contributed by atoms with E-state index in [1.165, 1.54) is 0 Å². The number of rotatable bonds is 4. The highest BCUT2D eigenvalue weighted by molar-refractivity contribution is 5.83. The van der Waals surface area contributed by atoms with Crippen molar-refractivity contribution in [3.8, 4) is 0 Å². The third-order valence-electron chi connectivity index (χ3n) is 4.84. The van der Waals surface area contributed by atoms with Crippen LogP contribution in [0, 0.1) is 11.8 Å². The lowest BCUT2D eigenvalue weighted by Crippen LogP contribution is -2.45. The van der Waals surface area contributed by atoms with Crippen LogP contribution in [0.3, 0.4) is 0 Å². The van der Waals surface area contributed by atoms with Gasteiger partial charge in [0.25, 0.3) is 0 Å². The molecule has 2 fully saturated rings. The quantitative estimate of drug-likeness (QED) is 0.908. The maximum Gasteiger partial charge on any atom is 0.225 e. The number of hydrogen-bond donors (Lipinski definition) is 1. The molecule has 1 saturated carbocycles. The van der Waals surface area contributed by atoms with Gasteiger partial charge in [0.15, 0.2) is 11.5 Å². The number of fused-ring (bicyclic) bond motifs is 1. The van der Waals surface area contributed by atoms with Gasteiger partial charge < -0.3 is 10.2 Å². The maximum absolute atomic E-state index is 12.5. The average molecular weight is 327 g/mol. The Kier molecular flexibility index (Phi) is 3.92. The fourth-order valence-electron chi connectivity index (χ4n) is 3.30. The van der Waals surface area contributed by atoms with E-state index in [0.29, 0.717) is 18.9 Å². The lowest BCUT2D eigenvalue weighted by Gasteiger charge is -2.32. The number of amides is 2. The molecule has 2 aliphatic rings. The summed E-state index contributed by atoms with van der Waals surface area (Å²) in [7, 11) is 0. The van der Waals surface area contributed by atoms with Gasteiger partial charge >= 0.3 is 0 Å². The van der Waals surface area contributed by atoms with E-state index in [4.69, 9.17) is 0 Å². The summed E-state index contributed by atoms with van der Waals surface area (Å²) in [5.41, 5.74) is 0.764. The predicted octanol–water partition coefficient (Wildman–Crippen LogP) is 0.994. The second-order valence-corrected chi connectivity index (χ2v) is 6.66. The number of likely N-dealkylation sites (tertiary alicyclic amines) is 1. The molecular formula is C17H21N5O2. The first kappa shape index (κ1) is 15.1. The first-order valence-electron chi connectivity index (χ1n) is 8.57. The molecule has 2 aromatic rings. The smallest absolute Gasteiger partial charge is 0.225 e. The summed E-state index contributed by atoms with van der Waals surface area (Å²) in [6.07, 6.45) is 5.62. The summed E-state index contributed by atoms with van der Waals surface area (Å²) in [5.74, 6) is 1.03. The van der Waals surface area contributed by atoms with Crippen molar-refractivity contribution in [3.05, 3.63) is 30.2 Å². The van der Waals surface area contributed by atoms with Crippen molar-refractivity contribution >= 4 is 17.5 Å². The van der Waals surface area contributed by atoms with E-state index in [0.717, 1.165) is 37.9 Å². The number of nitrogens with zero attached hydrogens (tertiary/aromatic N) is 4. The highest BCUT2D eigenvalue weighted by Crippen LogP contribution is 2.32. The van der Waals surface area contributed by atoms with Crippen molar-refractivity contribution in [2.24, 2.45) is 11.8 Å². The number of aromatic nitrogens is 3. The van der Waals surface area contributed by atoms with Gasteiger partial charge in [0, 0.05) is 25.2 Å². The van der Waals surface area contributed by atoms with E-state index in [9.17, 15) is 9.59 Å². The molecule has 0 bridgehead atoms. The average Bonchev–Trinajstić information content (AvgIpc) is 3.40. The van der Waals surface area contributed by atoms with Crippen molar-refractivity contribution in [1.82, 2.24) is 24.8 Å². The molecule has 1 N–H and O–H groups in total. The molecule has 1 aliphatic carbocycles. The molecule has 126 valence electrons. The van der Waals surface area contributed by atoms with Crippen molar-refractivity contribution < 1.29 is 9.59 Å². The Morgan fingerprint density at radius 1 is 1.17 bits per heavy atom. The number of carbonyl (C=O) groups excluding carboxylic acids is 2. The van der Waals surface area contributed by atoms with Gasteiger partial charge in [-0.15, -0.1) is 10.2 Å². The van der Waals surface area contributed by atoms with Crippen LogP contribution >= 0.6 is 0 Å². The van der Waals surface area contributed by atoms with Gasteiger partial charge in [0.2, 0.25) is 11.8 Å². The van der Waals surface area contributed by atoms with Crippen LogP contribution in [0.1, 0.15) is 31.5 Å². The number of piperidine rings is 1. The van der Waals surface area contributed by atoms with Crippen LogP contribution in [0.4, 0.5) is 0 Å². The second kappa shape index (κ2) is 6.22. The highest BCUT2D eigenvalue weighted by atomic mass is 16.2. The Hall–Kier alpha value is -2.44. The molecule has 2 amide bonds. The lowest BCUT2D eigenvalue weighted by molar-refractivity contribution is -0.136. The number of hydrogen-bond acceptors (Lipinski definition) is 4. The number of nitrogens with one attached hydrogen (secondary N) is 1. The topological polar surface area (TPSA) is 79.6 Å². The van der Waals surface area contributed by atoms with Gasteiger partial charge in [-0.1, -0.05) is 6.07 Å². The maximum atomic E-state index is 12.5. The first-order valence-corrected chi connectivity index (χ1v) is 8.57. The van der Waals surface area contributed by atoms with Crippen LogP contribution in [-0.4, -0.2) is 44.4 Å². The zero-order valence-electron chi connectivity index (χ0n) is 13.5. The van der Waals surface area contributed by atoms with Gasteiger partial charge in [-0.3, -0.25) is 14.0 Å². The predicted molar refractivity (Wildman–Crippen MR) is 86.9 cm³/mol. The second-order valence-electron chi connectivity index (χ2n) is 6.66. The van der Waals surface area contributed by atoms with Gasteiger partial charge in [0.1, 0.15) is 0 Å². The van der Waals surface area contributed by atoms with Crippen LogP contribution in [0.25, 0.3) is 5.65 Å². The van der Waals surface area contributed by atoms with E-state index >= 15 is 0 Å². The molecular weight excluding hydrogens is 306 g/mol. The van der Waals surface area contributed by atoms with Crippen LogP contribution < -0.4 is 5.32 Å². The number of carbonyl (C=O) groups is 2. The molecule has 1 saturated heterocycles. The molecule has 7 heteroatoms. The highest BCUT2D eigenvalue weighted by Gasteiger charge is 2.36. The minimum atomic E-state index is -0.124. The monoisotopic (exact) mass is 327 g/mol. The largest absolute Gasteiger partial charge is 0.348 e. The fourth-order valence-corrected chi connectivity index (χ4v) is 3.30. The molecule has 1 atom stereocenters. The molecule has 4 rings (SSSR count). The van der Waals surface area contributed by atoms with Gasteiger partial charge in [-0.25, -0.2) is 0 Å². The standard InChI is InChI=1S/C17H21N5O2/c23-16(13-4-3-8-21(11-13)17(24)12-6-7-12)18-10-15-20-19-14-5-1-2-9-22(14)15/h1-2,5,9,12-13H,3-4,6-8,10-11H2,(H,18,23)/t13-/m1/s1. The van der Waals surface area contributed by atoms with Crippen molar-refractivity contribution in [2.75, 3.05) is 13.1 Å². The van der Waals surface area contributed by atoms with Gasteiger partial charge in [0.05, 0.1) is 12.5 Å². The molecule has 2 aromatic heterocycles. The summed E-state index contributed by atoms with van der Waals surface area (Å²) in [4.78, 5) is 26.5. The number of pyridine rings is 1. The Labute approximate surface area is 140 Å². The van der Waals surface area contributed by atoms with Crippen molar-refractivity contribution in [3.63, 3.8) is 0 Å². The van der Waals surface area contributed by atoms with E-state index in [-0.39, 0.29) is 23.7 Å². The van der Waals surface area contributed by atoms with Gasteiger partial charge in [-0.2, -0.15) is 0 Å². The molecule has 0 aromatic carbocycles. The SMILES string of the molecule is O=C(NCc1nnc2ccccn12)[C@@H]1CCCN(C(=O)C2CC2)C1. The Morgan fingerprint density at radius 3 is 2.88 bits per heavy atom. The first-order chi connectivity index (χ1) is 11.7. The van der Waals surface area contributed by atoms with Crippen molar-refractivity contribution in [1.29, 1.82) is 0 Å². The molecule has 0 spiro atoms. The zero-order valence-corrected chi connectivity index (χ0v) is 13.5. The molecule has 3 heterocycles. The Morgan fingerprint density at radius 2 is 2.04 bits per heavy atom. The van der Waals surface area contributed by atoms with Gasteiger partial charge in [-0.05, 0) is 37.8 Å². The zero-order chi connectivity index (χ0) is 16.5. The molecule has 0 radical (unpaired) electrons. The molecule has 24 heavy (non-hydrogen) atoms. The van der Waals surface area contributed by atoms with Crippen LogP contribution in [-0.2, 0) is 16.1 Å².